The normalized spacial score (nSPS) is 18.1. The Bertz CT molecular complexity index is 1180. The third-order valence-corrected chi connectivity index (χ3v) is 6.69. The van der Waals surface area contributed by atoms with E-state index in [2.05, 4.69) is 6.07 Å². The van der Waals surface area contributed by atoms with Crippen molar-refractivity contribution in [2.75, 3.05) is 9.80 Å². The molecule has 1 heterocycles. The Morgan fingerprint density at radius 1 is 0.844 bits per heavy atom. The summed E-state index contributed by atoms with van der Waals surface area (Å²) in [4.78, 5) is 30.2. The lowest BCUT2D eigenvalue weighted by molar-refractivity contribution is -0.117. The molecule has 0 radical (unpaired) electrons. The van der Waals surface area contributed by atoms with Gasteiger partial charge in [-0.15, -0.1) is 0 Å². The van der Waals surface area contributed by atoms with Crippen LogP contribution < -0.4 is 9.80 Å². The average Bonchev–Trinajstić information content (AvgIpc) is 3.08. The lowest BCUT2D eigenvalue weighted by Crippen LogP contribution is -2.36. The first-order valence-electron chi connectivity index (χ1n) is 11.1. The van der Waals surface area contributed by atoms with Crippen molar-refractivity contribution >= 4 is 40.4 Å². The van der Waals surface area contributed by atoms with Crippen LogP contribution in [0, 0.1) is 0 Å². The number of rotatable bonds is 5. The van der Waals surface area contributed by atoms with E-state index in [0.717, 1.165) is 24.9 Å². The lowest BCUT2D eigenvalue weighted by Gasteiger charge is -2.24. The van der Waals surface area contributed by atoms with Gasteiger partial charge in [0, 0.05) is 17.7 Å². The predicted molar refractivity (Wildman–Crippen MR) is 131 cm³/mol. The van der Waals surface area contributed by atoms with Gasteiger partial charge in [0.2, 0.25) is 0 Å². The van der Waals surface area contributed by atoms with E-state index in [4.69, 9.17) is 12.2 Å². The summed E-state index contributed by atoms with van der Waals surface area (Å²) in [7, 11) is 0. The number of hydrogen-bond acceptors (Lipinski definition) is 3. The van der Waals surface area contributed by atoms with Gasteiger partial charge in [-0.2, -0.15) is 0 Å². The zero-order valence-corrected chi connectivity index (χ0v) is 18.6. The topological polar surface area (TPSA) is 40.6 Å². The third kappa shape index (κ3) is 3.73. The molecule has 32 heavy (non-hydrogen) atoms. The minimum absolute atomic E-state index is 0.0321. The molecule has 0 spiro atoms. The van der Waals surface area contributed by atoms with E-state index in [1.165, 1.54) is 17.5 Å². The molecule has 1 amide bonds. The molecule has 3 aromatic carbocycles. The van der Waals surface area contributed by atoms with Crippen LogP contribution in [0.4, 0.5) is 11.4 Å². The van der Waals surface area contributed by atoms with Crippen molar-refractivity contribution in [2.24, 2.45) is 0 Å². The second-order valence-electron chi connectivity index (χ2n) is 8.33. The van der Waals surface area contributed by atoms with E-state index >= 15 is 0 Å². The van der Waals surface area contributed by atoms with E-state index in [9.17, 15) is 9.59 Å². The molecule has 5 rings (SSSR count). The van der Waals surface area contributed by atoms with Crippen molar-refractivity contribution in [2.45, 2.75) is 38.1 Å². The van der Waals surface area contributed by atoms with Crippen LogP contribution in [0.3, 0.4) is 0 Å². The van der Waals surface area contributed by atoms with Gasteiger partial charge in [0.15, 0.2) is 10.9 Å². The Morgan fingerprint density at radius 3 is 2.16 bits per heavy atom. The largest absolute Gasteiger partial charge is 0.305 e. The quantitative estimate of drug-likeness (QED) is 0.396. The van der Waals surface area contributed by atoms with E-state index < -0.39 is 6.04 Å². The number of Topliss-reactive ketones (excluding diaryl/α,β-unsaturated/α-hetero) is 1. The Labute approximate surface area is 193 Å². The molecule has 4 nitrogen and oxygen atoms in total. The molecular weight excluding hydrogens is 416 g/mol. The zero-order valence-electron chi connectivity index (χ0n) is 17.7. The van der Waals surface area contributed by atoms with Crippen molar-refractivity contribution in [1.82, 2.24) is 0 Å². The predicted octanol–water partition coefficient (Wildman–Crippen LogP) is 5.35. The summed E-state index contributed by atoms with van der Waals surface area (Å²) < 4.78 is 0. The number of benzene rings is 3. The highest BCUT2D eigenvalue weighted by Crippen LogP contribution is 2.32. The molecule has 1 aliphatic carbocycles. The Balaban J connectivity index is 1.48. The van der Waals surface area contributed by atoms with Crippen LogP contribution in [0.1, 0.15) is 40.7 Å². The molecule has 1 saturated heterocycles. The number of thiocarbonyl (C=S) groups is 1. The van der Waals surface area contributed by atoms with Gasteiger partial charge in [-0.05, 0) is 79.4 Å². The van der Waals surface area contributed by atoms with Gasteiger partial charge < -0.3 is 4.90 Å². The highest BCUT2D eigenvalue weighted by molar-refractivity contribution is 7.81. The molecular formula is C27H24N2O2S. The van der Waals surface area contributed by atoms with Crippen LogP contribution >= 0.6 is 12.2 Å². The first kappa shape index (κ1) is 20.6. The second-order valence-corrected chi connectivity index (χ2v) is 8.70. The molecule has 5 heteroatoms. The number of carbonyl (C=O) groups is 2. The van der Waals surface area contributed by atoms with E-state index in [0.29, 0.717) is 16.4 Å². The molecule has 1 atom stereocenters. The fourth-order valence-electron chi connectivity index (χ4n) is 4.67. The van der Waals surface area contributed by atoms with Gasteiger partial charge in [0.05, 0.1) is 5.69 Å². The summed E-state index contributed by atoms with van der Waals surface area (Å²) in [6.07, 6.45) is 4.54. The van der Waals surface area contributed by atoms with Crippen molar-refractivity contribution in [3.8, 4) is 0 Å². The second kappa shape index (κ2) is 8.67. The van der Waals surface area contributed by atoms with Crippen molar-refractivity contribution in [1.29, 1.82) is 0 Å². The standard InChI is InChI=1S/C27H24N2O2S/c30-25(21-16-15-19-9-7-8-10-20(19)17-21)18-24-26(31)29(23-13-5-2-6-14-23)27(32)28(24)22-11-3-1-4-12-22/h1-6,11-17,24H,7-10,18H2/t24-/m1/s1. The van der Waals surface area contributed by atoms with E-state index in [1.54, 1.807) is 4.90 Å². The fourth-order valence-corrected chi connectivity index (χ4v) is 5.10. The molecule has 0 bridgehead atoms. The molecule has 2 aliphatic rings. The minimum atomic E-state index is -0.673. The molecule has 1 fully saturated rings. The highest BCUT2D eigenvalue weighted by Gasteiger charge is 2.44. The summed E-state index contributed by atoms with van der Waals surface area (Å²) >= 11 is 5.75. The Hall–Kier alpha value is -3.31. The summed E-state index contributed by atoms with van der Waals surface area (Å²) in [5.41, 5.74) is 4.81. The van der Waals surface area contributed by atoms with Crippen molar-refractivity contribution in [3.05, 3.63) is 95.6 Å². The van der Waals surface area contributed by atoms with Gasteiger partial charge in [-0.25, -0.2) is 0 Å². The van der Waals surface area contributed by atoms with Crippen molar-refractivity contribution < 1.29 is 9.59 Å². The number of hydrogen-bond donors (Lipinski definition) is 0. The van der Waals surface area contributed by atoms with Crippen LogP contribution in [0.2, 0.25) is 0 Å². The first-order valence-corrected chi connectivity index (χ1v) is 11.5. The van der Waals surface area contributed by atoms with Gasteiger partial charge in [-0.3, -0.25) is 14.5 Å². The zero-order chi connectivity index (χ0) is 22.1. The molecule has 0 N–H and O–H groups in total. The Kier molecular flexibility index (Phi) is 5.58. The lowest BCUT2D eigenvalue weighted by atomic mass is 9.89. The number of anilines is 2. The molecule has 0 saturated carbocycles. The van der Waals surface area contributed by atoms with Crippen LogP contribution in [-0.4, -0.2) is 22.8 Å². The number of amides is 1. The van der Waals surface area contributed by atoms with E-state index in [-0.39, 0.29) is 18.1 Å². The number of fused-ring (bicyclic) bond motifs is 1. The number of aryl methyl sites for hydroxylation is 2. The van der Waals surface area contributed by atoms with Crippen LogP contribution in [0.5, 0.6) is 0 Å². The monoisotopic (exact) mass is 440 g/mol. The fraction of sp³-hybridized carbons (Fsp3) is 0.222. The maximum absolute atomic E-state index is 13.5. The summed E-state index contributed by atoms with van der Waals surface area (Å²) in [6, 6.07) is 24.3. The smallest absolute Gasteiger partial charge is 0.256 e. The van der Waals surface area contributed by atoms with Gasteiger partial charge >= 0.3 is 0 Å². The highest BCUT2D eigenvalue weighted by atomic mass is 32.1. The molecule has 0 aromatic heterocycles. The summed E-state index contributed by atoms with van der Waals surface area (Å²) in [5, 5.41) is 0.399. The Morgan fingerprint density at radius 2 is 1.47 bits per heavy atom. The molecule has 0 unspecified atom stereocenters. The van der Waals surface area contributed by atoms with Crippen LogP contribution in [0.15, 0.2) is 78.9 Å². The maximum Gasteiger partial charge on any atom is 0.256 e. The van der Waals surface area contributed by atoms with E-state index in [1.807, 2.05) is 77.7 Å². The number of ketones is 1. The maximum atomic E-state index is 13.5. The third-order valence-electron chi connectivity index (χ3n) is 6.31. The van der Waals surface area contributed by atoms with Crippen LogP contribution in [-0.2, 0) is 17.6 Å². The molecule has 160 valence electrons. The van der Waals surface area contributed by atoms with Gasteiger partial charge in [-0.1, -0.05) is 48.5 Å². The minimum Gasteiger partial charge on any atom is -0.305 e. The molecule has 1 aliphatic heterocycles. The molecule has 3 aromatic rings. The number of carbonyl (C=O) groups excluding carboxylic acids is 2. The van der Waals surface area contributed by atoms with Crippen LogP contribution in [0.25, 0.3) is 0 Å². The first-order chi connectivity index (χ1) is 15.6. The summed E-state index contributed by atoms with van der Waals surface area (Å²) in [5.74, 6) is -0.202. The number of para-hydroxylation sites is 2. The van der Waals surface area contributed by atoms with Gasteiger partial charge in [0.25, 0.3) is 5.91 Å². The summed E-state index contributed by atoms with van der Waals surface area (Å²) in [6.45, 7) is 0. The van der Waals surface area contributed by atoms with Crippen molar-refractivity contribution in [3.63, 3.8) is 0 Å². The number of nitrogens with zero attached hydrogens (tertiary/aromatic N) is 2. The van der Waals surface area contributed by atoms with Gasteiger partial charge in [0.1, 0.15) is 6.04 Å². The SMILES string of the molecule is O=C(C[C@@H]1C(=O)N(c2ccccc2)C(=S)N1c1ccccc1)c1ccc2c(c1)CCCC2. The average molecular weight is 441 g/mol.